The summed E-state index contributed by atoms with van der Waals surface area (Å²) in [7, 11) is 1.78. The Kier molecular flexibility index (Phi) is 5.41. The van der Waals surface area contributed by atoms with Gasteiger partial charge in [-0.25, -0.2) is 9.67 Å². The number of benzene rings is 1. The van der Waals surface area contributed by atoms with Crippen LogP contribution in [0.1, 0.15) is 16.2 Å². The normalized spacial score (nSPS) is 16.0. The second-order valence-corrected chi connectivity index (χ2v) is 7.16. The van der Waals surface area contributed by atoms with Gasteiger partial charge in [-0.2, -0.15) is 4.98 Å². The predicted octanol–water partition coefficient (Wildman–Crippen LogP) is 2.33. The molecule has 0 fully saturated rings. The van der Waals surface area contributed by atoms with Crippen molar-refractivity contribution in [1.82, 2.24) is 25.1 Å². The molecule has 1 N–H and O–H groups in total. The maximum atomic E-state index is 12.7. The number of nitrogens with one attached hydrogen (secondary N) is 1. The van der Waals surface area contributed by atoms with Crippen LogP contribution in [0.25, 0.3) is 0 Å². The van der Waals surface area contributed by atoms with E-state index in [1.807, 2.05) is 30.3 Å². The van der Waals surface area contributed by atoms with Crippen molar-refractivity contribution < 1.29 is 9.53 Å². The standard InChI is InChI=1S/C19H17ClN6O2S/c1-25-16-14(8-5-9-21-16)28-11-13(18(25)29)22-17(27)15-23-19(20)26(24-15)10-12-6-3-2-4-7-12/h2-9,13H,10-11H2,1H3,(H,22,27)/t13-/m0/s1. The van der Waals surface area contributed by atoms with Gasteiger partial charge < -0.3 is 15.0 Å². The van der Waals surface area contributed by atoms with Gasteiger partial charge in [0.15, 0.2) is 11.6 Å². The van der Waals surface area contributed by atoms with E-state index in [0.717, 1.165) is 5.56 Å². The van der Waals surface area contributed by atoms with Gasteiger partial charge in [0.05, 0.1) is 6.54 Å². The van der Waals surface area contributed by atoms with Gasteiger partial charge in [-0.15, -0.1) is 5.10 Å². The highest BCUT2D eigenvalue weighted by Gasteiger charge is 2.29. The Morgan fingerprint density at radius 3 is 2.90 bits per heavy atom. The van der Waals surface area contributed by atoms with Gasteiger partial charge in [0.2, 0.25) is 11.1 Å². The minimum absolute atomic E-state index is 0.0312. The number of ether oxygens (including phenoxy) is 1. The molecule has 2 aromatic heterocycles. The Morgan fingerprint density at radius 1 is 1.31 bits per heavy atom. The molecule has 0 saturated heterocycles. The molecule has 1 aromatic carbocycles. The highest BCUT2D eigenvalue weighted by atomic mass is 35.5. The summed E-state index contributed by atoms with van der Waals surface area (Å²) in [6.45, 7) is 0.584. The third-order valence-corrected chi connectivity index (χ3v) is 5.25. The molecule has 29 heavy (non-hydrogen) atoms. The fraction of sp³-hybridized carbons (Fsp3) is 0.211. The molecule has 0 unspecified atom stereocenters. The summed E-state index contributed by atoms with van der Waals surface area (Å²) < 4.78 is 7.24. The molecule has 1 atom stereocenters. The third-order valence-electron chi connectivity index (χ3n) is 4.41. The molecule has 1 amide bonds. The van der Waals surface area contributed by atoms with Gasteiger partial charge >= 0.3 is 0 Å². The lowest BCUT2D eigenvalue weighted by Crippen LogP contribution is -2.48. The molecule has 3 aromatic rings. The largest absolute Gasteiger partial charge is 0.487 e. The number of hydrogen-bond donors (Lipinski definition) is 1. The maximum absolute atomic E-state index is 12.7. The number of amides is 1. The molecule has 148 valence electrons. The van der Waals surface area contributed by atoms with Crippen molar-refractivity contribution in [2.24, 2.45) is 0 Å². The molecule has 0 bridgehead atoms. The van der Waals surface area contributed by atoms with Crippen molar-refractivity contribution in [2.45, 2.75) is 12.6 Å². The highest BCUT2D eigenvalue weighted by Crippen LogP contribution is 2.27. The van der Waals surface area contributed by atoms with E-state index in [4.69, 9.17) is 28.6 Å². The molecule has 0 aliphatic carbocycles. The zero-order valence-corrected chi connectivity index (χ0v) is 17.0. The van der Waals surface area contributed by atoms with E-state index in [2.05, 4.69) is 20.4 Å². The molecule has 8 nitrogen and oxygen atoms in total. The smallest absolute Gasteiger partial charge is 0.291 e. The van der Waals surface area contributed by atoms with Crippen LogP contribution < -0.4 is 15.0 Å². The molecular formula is C19H17ClN6O2S. The number of carbonyl (C=O) groups is 1. The first-order chi connectivity index (χ1) is 14.0. The molecule has 0 radical (unpaired) electrons. The third kappa shape index (κ3) is 4.06. The van der Waals surface area contributed by atoms with Crippen LogP contribution in [0.4, 0.5) is 5.82 Å². The molecule has 10 heteroatoms. The quantitative estimate of drug-likeness (QED) is 0.638. The summed E-state index contributed by atoms with van der Waals surface area (Å²) >= 11 is 11.7. The summed E-state index contributed by atoms with van der Waals surface area (Å²) in [5, 5.41) is 7.18. The summed E-state index contributed by atoms with van der Waals surface area (Å²) in [5.74, 6) is 0.684. The number of carbonyl (C=O) groups excluding carboxylic acids is 1. The first-order valence-electron chi connectivity index (χ1n) is 8.83. The van der Waals surface area contributed by atoms with Crippen LogP contribution in [0.3, 0.4) is 0 Å². The number of thiocarbonyl (C=S) groups is 1. The number of pyridine rings is 1. The van der Waals surface area contributed by atoms with Gasteiger partial charge in [0, 0.05) is 13.2 Å². The van der Waals surface area contributed by atoms with Crippen molar-refractivity contribution in [3.63, 3.8) is 0 Å². The second-order valence-electron chi connectivity index (χ2n) is 6.41. The second kappa shape index (κ2) is 8.14. The van der Waals surface area contributed by atoms with Crippen molar-refractivity contribution in [3.05, 3.63) is 65.3 Å². The lowest BCUT2D eigenvalue weighted by molar-refractivity contribution is 0.0927. The molecule has 4 rings (SSSR count). The summed E-state index contributed by atoms with van der Waals surface area (Å²) in [5.41, 5.74) is 0.997. The van der Waals surface area contributed by atoms with Crippen LogP contribution in [0.5, 0.6) is 5.75 Å². The number of fused-ring (bicyclic) bond motifs is 1. The fourth-order valence-electron chi connectivity index (χ4n) is 2.93. The van der Waals surface area contributed by atoms with Crippen LogP contribution in [0, 0.1) is 0 Å². The van der Waals surface area contributed by atoms with Gasteiger partial charge in [-0.1, -0.05) is 42.5 Å². The first kappa shape index (κ1) is 19.3. The monoisotopic (exact) mass is 428 g/mol. The van der Waals surface area contributed by atoms with Crippen molar-refractivity contribution in [3.8, 4) is 5.75 Å². The number of rotatable bonds is 4. The fourth-order valence-corrected chi connectivity index (χ4v) is 3.32. The Hall–Kier alpha value is -3.04. The molecule has 0 spiro atoms. The number of hydrogen-bond acceptors (Lipinski definition) is 6. The van der Waals surface area contributed by atoms with Crippen LogP contribution in [0.2, 0.25) is 5.28 Å². The highest BCUT2D eigenvalue weighted by molar-refractivity contribution is 7.80. The average molecular weight is 429 g/mol. The van der Waals surface area contributed by atoms with E-state index in [9.17, 15) is 4.79 Å². The van der Waals surface area contributed by atoms with Crippen LogP contribution in [-0.2, 0) is 6.54 Å². The van der Waals surface area contributed by atoms with E-state index in [1.165, 1.54) is 4.68 Å². The molecule has 3 heterocycles. The van der Waals surface area contributed by atoms with E-state index >= 15 is 0 Å². The molecule has 0 saturated carbocycles. The van der Waals surface area contributed by atoms with Crippen LogP contribution in [0.15, 0.2) is 48.7 Å². The maximum Gasteiger partial charge on any atom is 0.291 e. The summed E-state index contributed by atoms with van der Waals surface area (Å²) in [6, 6.07) is 12.7. The zero-order valence-electron chi connectivity index (χ0n) is 15.4. The zero-order chi connectivity index (χ0) is 20.4. The topological polar surface area (TPSA) is 85.2 Å². The predicted molar refractivity (Wildman–Crippen MR) is 113 cm³/mol. The van der Waals surface area contributed by atoms with Crippen LogP contribution in [-0.4, -0.2) is 50.3 Å². The van der Waals surface area contributed by atoms with Gasteiger partial charge in [-0.05, 0) is 29.3 Å². The van der Waals surface area contributed by atoms with E-state index < -0.39 is 11.9 Å². The lowest BCUT2D eigenvalue weighted by Gasteiger charge is -2.22. The summed E-state index contributed by atoms with van der Waals surface area (Å²) in [6.07, 6.45) is 1.66. The Morgan fingerprint density at radius 2 is 2.10 bits per heavy atom. The van der Waals surface area contributed by atoms with E-state index in [-0.39, 0.29) is 17.7 Å². The van der Waals surface area contributed by atoms with Crippen molar-refractivity contribution in [1.29, 1.82) is 0 Å². The minimum atomic E-state index is -0.545. The number of likely N-dealkylation sites (N-methyl/N-ethyl adjacent to an activating group) is 1. The Labute approximate surface area is 177 Å². The van der Waals surface area contributed by atoms with E-state index in [0.29, 0.717) is 23.1 Å². The SMILES string of the molecule is CN1C(=S)[C@@H](NC(=O)c2nc(Cl)n(Cc3ccccc3)n2)COc2cccnc21. The van der Waals surface area contributed by atoms with Gasteiger partial charge in [0.1, 0.15) is 17.6 Å². The molecule has 1 aliphatic rings. The molecular weight excluding hydrogens is 412 g/mol. The average Bonchev–Trinajstić information content (AvgIpc) is 3.06. The summed E-state index contributed by atoms with van der Waals surface area (Å²) in [4.78, 5) is 23.3. The number of anilines is 1. The molecule has 1 aliphatic heterocycles. The Balaban J connectivity index is 1.48. The van der Waals surface area contributed by atoms with Gasteiger partial charge in [0.25, 0.3) is 5.91 Å². The van der Waals surface area contributed by atoms with Crippen molar-refractivity contribution in [2.75, 3.05) is 18.6 Å². The lowest BCUT2D eigenvalue weighted by atomic mass is 10.2. The van der Waals surface area contributed by atoms with Crippen LogP contribution >= 0.6 is 23.8 Å². The van der Waals surface area contributed by atoms with Gasteiger partial charge in [-0.3, -0.25) is 4.79 Å². The number of nitrogens with zero attached hydrogens (tertiary/aromatic N) is 5. The number of aromatic nitrogens is 4. The van der Waals surface area contributed by atoms with Crippen molar-refractivity contribution >= 4 is 40.5 Å². The minimum Gasteiger partial charge on any atom is -0.487 e. The number of halogens is 1. The Bertz CT molecular complexity index is 1060. The van der Waals surface area contributed by atoms with E-state index in [1.54, 1.807) is 30.3 Å². The first-order valence-corrected chi connectivity index (χ1v) is 9.62.